The molecule has 1 aromatic carbocycles. The molecule has 0 saturated heterocycles. The van der Waals surface area contributed by atoms with E-state index in [-0.39, 0.29) is 30.4 Å². The first-order valence-electron chi connectivity index (χ1n) is 9.10. The summed E-state index contributed by atoms with van der Waals surface area (Å²) in [5, 5.41) is 2.83. The number of anilines is 2. The zero-order chi connectivity index (χ0) is 19.9. The van der Waals surface area contributed by atoms with Crippen molar-refractivity contribution in [1.29, 1.82) is 0 Å². The average molecular weight is 364 g/mol. The van der Waals surface area contributed by atoms with Gasteiger partial charge in [-0.1, -0.05) is 20.8 Å². The molecule has 0 fully saturated rings. The van der Waals surface area contributed by atoms with Crippen LogP contribution < -0.4 is 10.2 Å². The van der Waals surface area contributed by atoms with E-state index >= 15 is 0 Å². The lowest BCUT2D eigenvalue weighted by molar-refractivity contribution is -0.137. The van der Waals surface area contributed by atoms with Gasteiger partial charge in [0.15, 0.2) is 0 Å². The van der Waals surface area contributed by atoms with Gasteiger partial charge in [0.1, 0.15) is 6.61 Å². The molecule has 0 saturated carbocycles. The summed E-state index contributed by atoms with van der Waals surface area (Å²) in [6.45, 7) is 8.51. The van der Waals surface area contributed by atoms with Gasteiger partial charge in [0.05, 0.1) is 0 Å². The molecule has 0 heterocycles. The number of nitrogens with one attached hydrogen (secondary N) is 1. The van der Waals surface area contributed by atoms with Gasteiger partial charge in [-0.05, 0) is 37.1 Å². The molecule has 0 aliphatic heterocycles. The standard InChI is InChI=1S/C20H33N3O3/c1-8-15(4)23(20(25)14(2)3)12-16-11-17(21-19(24)13-26-7)9-10-18(16)22(5)6/h9-11,14-15H,8,12-13H2,1-7H3,(H,21,24)/t15-/m0/s1. The maximum Gasteiger partial charge on any atom is 0.250 e. The van der Waals surface area contributed by atoms with Crippen LogP contribution in [0.5, 0.6) is 0 Å². The van der Waals surface area contributed by atoms with E-state index in [0.717, 1.165) is 17.7 Å². The van der Waals surface area contributed by atoms with E-state index in [1.54, 1.807) is 0 Å². The molecule has 1 atom stereocenters. The van der Waals surface area contributed by atoms with Crippen LogP contribution in [0.25, 0.3) is 0 Å². The van der Waals surface area contributed by atoms with Crippen LogP contribution in [-0.4, -0.2) is 50.6 Å². The predicted octanol–water partition coefficient (Wildman–Crippen LogP) is 3.12. The monoisotopic (exact) mass is 363 g/mol. The molecular formula is C20H33N3O3. The molecule has 0 aliphatic rings. The van der Waals surface area contributed by atoms with Gasteiger partial charge in [-0.15, -0.1) is 0 Å². The zero-order valence-electron chi connectivity index (χ0n) is 17.1. The minimum absolute atomic E-state index is 0.00952. The Kier molecular flexibility index (Phi) is 8.58. The number of carbonyl (C=O) groups excluding carboxylic acids is 2. The molecule has 0 radical (unpaired) electrons. The fraction of sp³-hybridized carbons (Fsp3) is 0.600. The summed E-state index contributed by atoms with van der Waals surface area (Å²) in [4.78, 5) is 28.5. The quantitative estimate of drug-likeness (QED) is 0.732. The van der Waals surface area contributed by atoms with Crippen molar-refractivity contribution in [3.63, 3.8) is 0 Å². The minimum atomic E-state index is -0.201. The zero-order valence-corrected chi connectivity index (χ0v) is 17.1. The molecular weight excluding hydrogens is 330 g/mol. The van der Waals surface area contributed by atoms with Crippen molar-refractivity contribution in [2.24, 2.45) is 5.92 Å². The van der Waals surface area contributed by atoms with E-state index in [9.17, 15) is 9.59 Å². The number of benzene rings is 1. The normalized spacial score (nSPS) is 12.0. The van der Waals surface area contributed by atoms with E-state index in [1.807, 2.05) is 55.9 Å². The van der Waals surface area contributed by atoms with Gasteiger partial charge >= 0.3 is 0 Å². The highest BCUT2D eigenvalue weighted by atomic mass is 16.5. The third-order valence-corrected chi connectivity index (χ3v) is 4.36. The lowest BCUT2D eigenvalue weighted by Gasteiger charge is -2.32. The van der Waals surface area contributed by atoms with Crippen molar-refractivity contribution in [2.75, 3.05) is 38.0 Å². The predicted molar refractivity (Wildman–Crippen MR) is 106 cm³/mol. The van der Waals surface area contributed by atoms with Crippen LogP contribution in [0, 0.1) is 5.92 Å². The molecule has 1 rings (SSSR count). The number of methoxy groups -OCH3 is 1. The van der Waals surface area contributed by atoms with Crippen molar-refractivity contribution in [3.05, 3.63) is 23.8 Å². The van der Waals surface area contributed by atoms with E-state index in [4.69, 9.17) is 4.74 Å². The summed E-state index contributed by atoms with van der Waals surface area (Å²) in [6.07, 6.45) is 0.889. The summed E-state index contributed by atoms with van der Waals surface area (Å²) in [7, 11) is 5.43. The molecule has 2 amide bonds. The smallest absolute Gasteiger partial charge is 0.250 e. The molecule has 1 N–H and O–H groups in total. The third kappa shape index (κ3) is 6.02. The number of carbonyl (C=O) groups is 2. The number of ether oxygens (including phenoxy) is 1. The van der Waals surface area contributed by atoms with Gasteiger partial charge in [0.2, 0.25) is 11.8 Å². The second-order valence-corrected chi connectivity index (χ2v) is 7.10. The lowest BCUT2D eigenvalue weighted by atomic mass is 10.1. The summed E-state index contributed by atoms with van der Waals surface area (Å²) < 4.78 is 4.86. The highest BCUT2D eigenvalue weighted by molar-refractivity contribution is 5.92. The molecule has 0 spiro atoms. The Hall–Kier alpha value is -2.08. The van der Waals surface area contributed by atoms with Crippen LogP contribution in [0.2, 0.25) is 0 Å². The first-order chi connectivity index (χ1) is 12.2. The number of amides is 2. The Balaban J connectivity index is 3.19. The number of hydrogen-bond acceptors (Lipinski definition) is 4. The van der Waals surface area contributed by atoms with Crippen molar-refractivity contribution in [3.8, 4) is 0 Å². The highest BCUT2D eigenvalue weighted by Gasteiger charge is 2.23. The fourth-order valence-electron chi connectivity index (χ4n) is 2.74. The molecule has 0 unspecified atom stereocenters. The Morgan fingerprint density at radius 2 is 1.85 bits per heavy atom. The highest BCUT2D eigenvalue weighted by Crippen LogP contribution is 2.26. The number of rotatable bonds is 9. The number of hydrogen-bond donors (Lipinski definition) is 1. The maximum absolute atomic E-state index is 12.7. The van der Waals surface area contributed by atoms with Crippen LogP contribution in [0.4, 0.5) is 11.4 Å². The summed E-state index contributed by atoms with van der Waals surface area (Å²) in [6, 6.07) is 5.91. The van der Waals surface area contributed by atoms with Crippen LogP contribution in [0.15, 0.2) is 18.2 Å². The first-order valence-corrected chi connectivity index (χ1v) is 9.10. The van der Waals surface area contributed by atoms with E-state index < -0.39 is 0 Å². The summed E-state index contributed by atoms with van der Waals surface area (Å²) in [5.41, 5.74) is 2.73. The van der Waals surface area contributed by atoms with Gasteiger partial charge in [-0.25, -0.2) is 0 Å². The van der Waals surface area contributed by atoms with Gasteiger partial charge in [0.25, 0.3) is 0 Å². The van der Waals surface area contributed by atoms with E-state index in [2.05, 4.69) is 19.2 Å². The molecule has 0 aromatic heterocycles. The Morgan fingerprint density at radius 3 is 2.35 bits per heavy atom. The second-order valence-electron chi connectivity index (χ2n) is 7.10. The molecule has 146 valence electrons. The van der Waals surface area contributed by atoms with Gasteiger partial charge in [0, 0.05) is 51.1 Å². The van der Waals surface area contributed by atoms with Crippen LogP contribution in [0.1, 0.15) is 39.7 Å². The lowest BCUT2D eigenvalue weighted by Crippen LogP contribution is -2.40. The third-order valence-electron chi connectivity index (χ3n) is 4.36. The van der Waals surface area contributed by atoms with Gasteiger partial charge in [-0.3, -0.25) is 9.59 Å². The molecule has 6 heteroatoms. The topological polar surface area (TPSA) is 61.9 Å². The van der Waals surface area contributed by atoms with E-state index in [1.165, 1.54) is 7.11 Å². The summed E-state index contributed by atoms with van der Waals surface area (Å²) >= 11 is 0. The van der Waals surface area contributed by atoms with Crippen LogP contribution in [0.3, 0.4) is 0 Å². The SMILES string of the molecule is CC[C@H](C)N(Cc1cc(NC(=O)COC)ccc1N(C)C)C(=O)C(C)C. The average Bonchev–Trinajstić information content (AvgIpc) is 2.58. The van der Waals surface area contributed by atoms with Gasteiger partial charge in [-0.2, -0.15) is 0 Å². The summed E-state index contributed by atoms with van der Waals surface area (Å²) in [5.74, 6) is -0.123. The molecule has 0 aliphatic carbocycles. The van der Waals surface area contributed by atoms with Crippen molar-refractivity contribution in [1.82, 2.24) is 4.90 Å². The maximum atomic E-state index is 12.7. The molecule has 26 heavy (non-hydrogen) atoms. The largest absolute Gasteiger partial charge is 0.377 e. The van der Waals surface area contributed by atoms with Crippen molar-refractivity contribution < 1.29 is 14.3 Å². The first kappa shape index (κ1) is 22.0. The van der Waals surface area contributed by atoms with Gasteiger partial charge < -0.3 is 19.9 Å². The molecule has 6 nitrogen and oxygen atoms in total. The Bertz CT molecular complexity index is 614. The van der Waals surface area contributed by atoms with Crippen LogP contribution in [-0.2, 0) is 20.9 Å². The van der Waals surface area contributed by atoms with Crippen LogP contribution >= 0.6 is 0 Å². The van der Waals surface area contributed by atoms with E-state index in [0.29, 0.717) is 12.2 Å². The number of nitrogens with zero attached hydrogens (tertiary/aromatic N) is 2. The van der Waals surface area contributed by atoms with Crippen molar-refractivity contribution in [2.45, 2.75) is 46.7 Å². The molecule has 0 bridgehead atoms. The Morgan fingerprint density at radius 1 is 1.19 bits per heavy atom. The second kappa shape index (κ2) is 10.2. The molecule has 1 aromatic rings. The fourth-order valence-corrected chi connectivity index (χ4v) is 2.74. The minimum Gasteiger partial charge on any atom is -0.377 e. The van der Waals surface area contributed by atoms with Crippen molar-refractivity contribution >= 4 is 23.2 Å². The Labute approximate surface area is 157 Å².